The summed E-state index contributed by atoms with van der Waals surface area (Å²) >= 11 is 0. The number of hydrogen-bond acceptors (Lipinski definition) is 3. The van der Waals surface area contributed by atoms with Gasteiger partial charge in [0.2, 0.25) is 0 Å². The number of nitrogens with zero attached hydrogens (tertiary/aromatic N) is 1. The zero-order valence-electron chi connectivity index (χ0n) is 12.5. The molecule has 1 unspecified atom stereocenters. The number of nitrogens with one attached hydrogen (secondary N) is 1. The second kappa shape index (κ2) is 6.06. The first-order valence-electron chi connectivity index (χ1n) is 6.60. The average molecular weight is 263 g/mol. The highest BCUT2D eigenvalue weighted by molar-refractivity contribution is 5.95. The van der Waals surface area contributed by atoms with Gasteiger partial charge < -0.3 is 16.0 Å². The van der Waals surface area contributed by atoms with Crippen LogP contribution in [0.5, 0.6) is 0 Å². The summed E-state index contributed by atoms with van der Waals surface area (Å²) in [5, 5.41) is 3.03. The SMILES string of the molecule is CC(C)C(C)(CN)NC(=O)c1ccc(N(C)C)cc1. The second-order valence-electron chi connectivity index (χ2n) is 5.67. The molecule has 0 saturated heterocycles. The first kappa shape index (κ1) is 15.5. The number of amides is 1. The molecule has 0 bridgehead atoms. The summed E-state index contributed by atoms with van der Waals surface area (Å²) in [5.74, 6) is 0.203. The summed E-state index contributed by atoms with van der Waals surface area (Å²) in [7, 11) is 3.94. The van der Waals surface area contributed by atoms with Crippen molar-refractivity contribution in [3.8, 4) is 0 Å². The van der Waals surface area contributed by atoms with E-state index in [1.165, 1.54) is 0 Å². The Hall–Kier alpha value is -1.55. The van der Waals surface area contributed by atoms with Gasteiger partial charge in [0.1, 0.15) is 0 Å². The van der Waals surface area contributed by atoms with Crippen molar-refractivity contribution in [1.82, 2.24) is 5.32 Å². The van der Waals surface area contributed by atoms with Gasteiger partial charge in [0.25, 0.3) is 5.91 Å². The van der Waals surface area contributed by atoms with Crippen molar-refractivity contribution < 1.29 is 4.79 Å². The molecule has 4 heteroatoms. The Morgan fingerprint density at radius 2 is 1.84 bits per heavy atom. The van der Waals surface area contributed by atoms with Crippen LogP contribution < -0.4 is 16.0 Å². The number of benzene rings is 1. The van der Waals surface area contributed by atoms with Gasteiger partial charge in [-0.15, -0.1) is 0 Å². The highest BCUT2D eigenvalue weighted by Gasteiger charge is 2.28. The lowest BCUT2D eigenvalue weighted by molar-refractivity contribution is 0.0883. The number of hydrogen-bond donors (Lipinski definition) is 2. The van der Waals surface area contributed by atoms with E-state index in [-0.39, 0.29) is 17.4 Å². The molecule has 0 aliphatic carbocycles. The van der Waals surface area contributed by atoms with Gasteiger partial charge in [-0.1, -0.05) is 13.8 Å². The van der Waals surface area contributed by atoms with E-state index in [1.807, 2.05) is 50.2 Å². The molecular formula is C15H25N3O. The summed E-state index contributed by atoms with van der Waals surface area (Å²) in [6.45, 7) is 6.51. The third-order valence-corrected chi connectivity index (χ3v) is 3.74. The topological polar surface area (TPSA) is 58.4 Å². The molecule has 4 nitrogen and oxygen atoms in total. The second-order valence-corrected chi connectivity index (χ2v) is 5.67. The van der Waals surface area contributed by atoms with Crippen LogP contribution in [0.3, 0.4) is 0 Å². The Morgan fingerprint density at radius 3 is 2.21 bits per heavy atom. The van der Waals surface area contributed by atoms with Gasteiger partial charge in [-0.3, -0.25) is 4.79 Å². The van der Waals surface area contributed by atoms with Gasteiger partial charge in [-0.05, 0) is 37.1 Å². The van der Waals surface area contributed by atoms with E-state index < -0.39 is 0 Å². The Labute approximate surface area is 116 Å². The first-order valence-corrected chi connectivity index (χ1v) is 6.60. The van der Waals surface area contributed by atoms with Gasteiger partial charge in [0.05, 0.1) is 5.54 Å². The molecule has 0 aliphatic heterocycles. The van der Waals surface area contributed by atoms with Gasteiger partial charge >= 0.3 is 0 Å². The summed E-state index contributed by atoms with van der Waals surface area (Å²) < 4.78 is 0. The molecule has 0 aromatic heterocycles. The fourth-order valence-corrected chi connectivity index (χ4v) is 1.67. The van der Waals surface area contributed by atoms with E-state index >= 15 is 0 Å². The molecule has 0 aliphatic rings. The maximum absolute atomic E-state index is 12.2. The number of rotatable bonds is 5. The van der Waals surface area contributed by atoms with E-state index in [4.69, 9.17) is 5.73 Å². The van der Waals surface area contributed by atoms with Crippen LogP contribution in [0.15, 0.2) is 24.3 Å². The molecule has 1 amide bonds. The fraction of sp³-hybridized carbons (Fsp3) is 0.533. The van der Waals surface area contributed by atoms with Crippen molar-refractivity contribution in [1.29, 1.82) is 0 Å². The molecule has 0 radical (unpaired) electrons. The molecule has 0 spiro atoms. The molecule has 1 rings (SSSR count). The van der Waals surface area contributed by atoms with Crippen LogP contribution in [0, 0.1) is 5.92 Å². The van der Waals surface area contributed by atoms with Crippen molar-refractivity contribution in [3.05, 3.63) is 29.8 Å². The van der Waals surface area contributed by atoms with E-state index in [1.54, 1.807) is 0 Å². The Morgan fingerprint density at radius 1 is 1.32 bits per heavy atom. The highest BCUT2D eigenvalue weighted by Crippen LogP contribution is 2.17. The smallest absolute Gasteiger partial charge is 0.251 e. The van der Waals surface area contributed by atoms with Crippen molar-refractivity contribution in [2.45, 2.75) is 26.3 Å². The number of nitrogens with two attached hydrogens (primary N) is 1. The van der Waals surface area contributed by atoms with E-state index in [2.05, 4.69) is 19.2 Å². The quantitative estimate of drug-likeness (QED) is 0.852. The summed E-state index contributed by atoms with van der Waals surface area (Å²) in [4.78, 5) is 14.2. The summed E-state index contributed by atoms with van der Waals surface area (Å²) in [6.07, 6.45) is 0. The Balaban J connectivity index is 2.83. The highest BCUT2D eigenvalue weighted by atomic mass is 16.1. The van der Waals surface area contributed by atoms with Crippen LogP contribution >= 0.6 is 0 Å². The molecule has 1 atom stereocenters. The molecule has 1 aromatic rings. The Bertz CT molecular complexity index is 426. The molecule has 0 fully saturated rings. The molecule has 0 heterocycles. The lowest BCUT2D eigenvalue weighted by Crippen LogP contribution is -2.55. The largest absolute Gasteiger partial charge is 0.378 e. The van der Waals surface area contributed by atoms with Crippen LogP contribution in [-0.2, 0) is 0 Å². The van der Waals surface area contributed by atoms with E-state index in [9.17, 15) is 4.79 Å². The Kier molecular flexibility index (Phi) is 4.95. The molecule has 3 N–H and O–H groups in total. The zero-order chi connectivity index (χ0) is 14.6. The van der Waals surface area contributed by atoms with Crippen molar-refractivity contribution in [2.75, 3.05) is 25.5 Å². The molecule has 1 aromatic carbocycles. The van der Waals surface area contributed by atoms with Gasteiger partial charge in [0, 0.05) is 31.9 Å². The predicted octanol–water partition coefficient (Wildman–Crippen LogP) is 1.86. The third-order valence-electron chi connectivity index (χ3n) is 3.74. The van der Waals surface area contributed by atoms with Crippen molar-refractivity contribution in [3.63, 3.8) is 0 Å². The lowest BCUT2D eigenvalue weighted by atomic mass is 9.88. The van der Waals surface area contributed by atoms with Gasteiger partial charge in [-0.2, -0.15) is 0 Å². The van der Waals surface area contributed by atoms with Gasteiger partial charge in [-0.25, -0.2) is 0 Å². The average Bonchev–Trinajstić information content (AvgIpc) is 2.38. The van der Waals surface area contributed by atoms with Crippen LogP contribution in [0.2, 0.25) is 0 Å². The van der Waals surface area contributed by atoms with Gasteiger partial charge in [0.15, 0.2) is 0 Å². The maximum Gasteiger partial charge on any atom is 0.251 e. The predicted molar refractivity (Wildman–Crippen MR) is 80.5 cm³/mol. The lowest BCUT2D eigenvalue weighted by Gasteiger charge is -2.33. The molecule has 106 valence electrons. The normalized spacial score (nSPS) is 14.1. The van der Waals surface area contributed by atoms with Crippen molar-refractivity contribution in [2.24, 2.45) is 11.7 Å². The molecule has 0 saturated carbocycles. The van der Waals surface area contributed by atoms with Crippen LogP contribution in [0.25, 0.3) is 0 Å². The van der Waals surface area contributed by atoms with E-state index in [0.717, 1.165) is 5.69 Å². The zero-order valence-corrected chi connectivity index (χ0v) is 12.5. The standard InChI is InChI=1S/C15H25N3O/c1-11(2)15(3,10-16)17-14(19)12-6-8-13(9-7-12)18(4)5/h6-9,11H,10,16H2,1-5H3,(H,17,19). The minimum absolute atomic E-state index is 0.0769. The molecular weight excluding hydrogens is 238 g/mol. The van der Waals surface area contributed by atoms with E-state index in [0.29, 0.717) is 12.1 Å². The summed E-state index contributed by atoms with van der Waals surface area (Å²) in [5.41, 5.74) is 7.13. The monoisotopic (exact) mass is 263 g/mol. The first-order chi connectivity index (χ1) is 8.80. The van der Waals surface area contributed by atoms with Crippen LogP contribution in [-0.4, -0.2) is 32.1 Å². The maximum atomic E-state index is 12.2. The number of carbonyl (C=O) groups excluding carboxylic acids is 1. The number of anilines is 1. The molecule has 19 heavy (non-hydrogen) atoms. The van der Waals surface area contributed by atoms with Crippen LogP contribution in [0.4, 0.5) is 5.69 Å². The summed E-state index contributed by atoms with van der Waals surface area (Å²) in [6, 6.07) is 7.54. The number of carbonyl (C=O) groups is 1. The van der Waals surface area contributed by atoms with Crippen molar-refractivity contribution >= 4 is 11.6 Å². The minimum atomic E-state index is -0.378. The van der Waals surface area contributed by atoms with Crippen LogP contribution in [0.1, 0.15) is 31.1 Å². The minimum Gasteiger partial charge on any atom is -0.378 e. The third kappa shape index (κ3) is 3.70. The fourth-order valence-electron chi connectivity index (χ4n) is 1.67.